The maximum atomic E-state index is 4.10. The van der Waals surface area contributed by atoms with E-state index in [4.69, 9.17) is 0 Å². The van der Waals surface area contributed by atoms with E-state index in [-0.39, 0.29) is 5.54 Å². The normalized spacial score (nSPS) is 27.8. The van der Waals surface area contributed by atoms with Crippen molar-refractivity contribution in [2.45, 2.75) is 96.8 Å². The van der Waals surface area contributed by atoms with Crippen molar-refractivity contribution >= 4 is 0 Å². The first kappa shape index (κ1) is 42.7. The summed E-state index contributed by atoms with van der Waals surface area (Å²) in [5, 5.41) is 14.9. The third kappa shape index (κ3) is 14.6. The zero-order valence-electron chi connectivity index (χ0n) is 35.1. The van der Waals surface area contributed by atoms with Crippen molar-refractivity contribution in [2.24, 2.45) is 5.92 Å². The van der Waals surface area contributed by atoms with Crippen molar-refractivity contribution in [3.05, 3.63) is 0 Å². The summed E-state index contributed by atoms with van der Waals surface area (Å²) in [6, 6.07) is 1.23. The van der Waals surface area contributed by atoms with E-state index in [2.05, 4.69) is 97.1 Å². The first-order valence-corrected chi connectivity index (χ1v) is 22.1. The van der Waals surface area contributed by atoms with Gasteiger partial charge < -0.3 is 36.0 Å². The number of likely N-dealkylation sites (tertiary alicyclic amines) is 1. The molecule has 5 aliphatic rings. The lowest BCUT2D eigenvalue weighted by molar-refractivity contribution is 0.0264. The molecule has 5 aliphatic heterocycles. The summed E-state index contributed by atoms with van der Waals surface area (Å²) in [5.41, 5.74) is 0.555. The van der Waals surface area contributed by atoms with E-state index in [1.54, 1.807) is 0 Å². The largest absolute Gasteiger partial charge is 0.314 e. The Kier molecular flexibility index (Phi) is 17.9. The SMILES string of the molecule is CC1CCN(CCNCCN2CCN(C(C)(C)CN3CCNCC3)CC2)CCC(NC(C)CCN2CCN(C(C)(C)CCN3CCNCC3)CC2)C1. The molecule has 304 valence electrons. The summed E-state index contributed by atoms with van der Waals surface area (Å²) in [4.78, 5) is 19.0. The van der Waals surface area contributed by atoms with Crippen LogP contribution in [0.1, 0.15) is 73.6 Å². The molecule has 52 heavy (non-hydrogen) atoms. The van der Waals surface area contributed by atoms with Crippen molar-refractivity contribution in [2.75, 3.05) is 164 Å². The van der Waals surface area contributed by atoms with Gasteiger partial charge in [0.1, 0.15) is 0 Å². The Morgan fingerprint density at radius 3 is 1.69 bits per heavy atom. The average molecular weight is 732 g/mol. The Morgan fingerprint density at radius 1 is 0.577 bits per heavy atom. The molecular formula is C41H85N11. The van der Waals surface area contributed by atoms with Crippen LogP contribution >= 0.6 is 0 Å². The van der Waals surface area contributed by atoms with Crippen LogP contribution in [0.4, 0.5) is 0 Å². The van der Waals surface area contributed by atoms with Gasteiger partial charge in [0.15, 0.2) is 0 Å². The van der Waals surface area contributed by atoms with Gasteiger partial charge in [0, 0.05) is 161 Å². The van der Waals surface area contributed by atoms with E-state index < -0.39 is 0 Å². The minimum Gasteiger partial charge on any atom is -0.314 e. The van der Waals surface area contributed by atoms with Crippen LogP contribution in [0, 0.1) is 5.92 Å². The van der Waals surface area contributed by atoms with Gasteiger partial charge in [-0.3, -0.25) is 19.6 Å². The molecule has 0 aromatic heterocycles. The molecular weight excluding hydrogens is 647 g/mol. The molecule has 4 N–H and O–H groups in total. The van der Waals surface area contributed by atoms with Gasteiger partial charge in [-0.25, -0.2) is 0 Å². The molecule has 3 unspecified atom stereocenters. The van der Waals surface area contributed by atoms with Gasteiger partial charge in [-0.15, -0.1) is 0 Å². The number of piperazine rings is 4. The molecule has 5 rings (SSSR count). The van der Waals surface area contributed by atoms with Gasteiger partial charge in [0.05, 0.1) is 0 Å². The standard InChI is InChI=1S/C41H85N11/c1-37-7-17-46(21-11-42-14-24-49-29-33-52(34-30-49)41(5,6)36-50-25-15-44-16-26-50)19-9-39(35-37)45-38(2)8-18-47-27-31-51(32-28-47)40(3,4)10-20-48-22-12-43-13-23-48/h37-39,42-45H,7-36H2,1-6H3. The van der Waals surface area contributed by atoms with Gasteiger partial charge >= 0.3 is 0 Å². The average Bonchev–Trinajstić information content (AvgIpc) is 3.14. The van der Waals surface area contributed by atoms with Crippen LogP contribution in [0.25, 0.3) is 0 Å². The Balaban J connectivity index is 0.902. The summed E-state index contributed by atoms with van der Waals surface area (Å²) in [6.45, 7) is 44.6. The van der Waals surface area contributed by atoms with E-state index in [0.717, 1.165) is 45.2 Å². The van der Waals surface area contributed by atoms with Gasteiger partial charge in [0.25, 0.3) is 0 Å². The lowest BCUT2D eigenvalue weighted by Crippen LogP contribution is -2.60. The van der Waals surface area contributed by atoms with Crippen molar-refractivity contribution in [3.8, 4) is 0 Å². The zero-order chi connectivity index (χ0) is 36.8. The highest BCUT2D eigenvalue weighted by Crippen LogP contribution is 2.23. The molecule has 0 spiro atoms. The molecule has 3 atom stereocenters. The minimum absolute atomic E-state index is 0.260. The number of rotatable bonds is 18. The summed E-state index contributed by atoms with van der Waals surface area (Å²) in [7, 11) is 0. The van der Waals surface area contributed by atoms with E-state index in [1.807, 2.05) is 0 Å². The Morgan fingerprint density at radius 2 is 1.08 bits per heavy atom. The Labute approximate surface area is 321 Å². The summed E-state index contributed by atoms with van der Waals surface area (Å²) < 4.78 is 0. The molecule has 0 bridgehead atoms. The highest BCUT2D eigenvalue weighted by Gasteiger charge is 2.33. The van der Waals surface area contributed by atoms with Crippen LogP contribution in [-0.2, 0) is 0 Å². The van der Waals surface area contributed by atoms with Crippen LogP contribution in [0.5, 0.6) is 0 Å². The van der Waals surface area contributed by atoms with E-state index in [0.29, 0.717) is 17.6 Å². The molecule has 0 saturated carbocycles. The van der Waals surface area contributed by atoms with Crippen molar-refractivity contribution in [1.29, 1.82) is 0 Å². The van der Waals surface area contributed by atoms with Crippen LogP contribution in [0.3, 0.4) is 0 Å². The minimum atomic E-state index is 0.260. The number of hydrogen-bond acceptors (Lipinski definition) is 11. The molecule has 0 amide bonds. The van der Waals surface area contributed by atoms with Crippen molar-refractivity contribution in [3.63, 3.8) is 0 Å². The molecule has 5 fully saturated rings. The fraction of sp³-hybridized carbons (Fsp3) is 1.00. The second-order valence-electron chi connectivity index (χ2n) is 18.7. The summed E-state index contributed by atoms with van der Waals surface area (Å²) >= 11 is 0. The van der Waals surface area contributed by atoms with Gasteiger partial charge in [-0.1, -0.05) is 6.92 Å². The Bertz CT molecular complexity index is 952. The lowest BCUT2D eigenvalue weighted by Gasteiger charge is -2.46. The van der Waals surface area contributed by atoms with Crippen LogP contribution in [0.2, 0.25) is 0 Å². The molecule has 5 heterocycles. The second-order valence-corrected chi connectivity index (χ2v) is 18.7. The third-order valence-corrected chi connectivity index (χ3v) is 13.6. The molecule has 5 saturated heterocycles. The summed E-state index contributed by atoms with van der Waals surface area (Å²) in [6.07, 6.45) is 6.48. The molecule has 0 radical (unpaired) electrons. The maximum Gasteiger partial charge on any atom is 0.0281 e. The van der Waals surface area contributed by atoms with E-state index in [9.17, 15) is 0 Å². The summed E-state index contributed by atoms with van der Waals surface area (Å²) in [5.74, 6) is 0.795. The third-order valence-electron chi connectivity index (χ3n) is 13.6. The topological polar surface area (TPSA) is 70.8 Å². The second kappa shape index (κ2) is 21.8. The fourth-order valence-electron chi connectivity index (χ4n) is 9.61. The van der Waals surface area contributed by atoms with E-state index in [1.165, 1.54) is 156 Å². The molecule has 11 nitrogen and oxygen atoms in total. The highest BCUT2D eigenvalue weighted by molar-refractivity contribution is 4.90. The van der Waals surface area contributed by atoms with E-state index >= 15 is 0 Å². The van der Waals surface area contributed by atoms with Crippen molar-refractivity contribution in [1.82, 2.24) is 55.6 Å². The van der Waals surface area contributed by atoms with Gasteiger partial charge in [-0.2, -0.15) is 0 Å². The fourth-order valence-corrected chi connectivity index (χ4v) is 9.61. The van der Waals surface area contributed by atoms with Crippen molar-refractivity contribution < 1.29 is 0 Å². The van der Waals surface area contributed by atoms with Gasteiger partial charge in [-0.05, 0) is 98.8 Å². The zero-order valence-corrected chi connectivity index (χ0v) is 35.1. The first-order chi connectivity index (χ1) is 25.1. The van der Waals surface area contributed by atoms with Gasteiger partial charge in [0.2, 0.25) is 0 Å². The Hall–Kier alpha value is -0.440. The number of hydrogen-bond donors (Lipinski definition) is 4. The molecule has 0 aromatic carbocycles. The maximum absolute atomic E-state index is 4.10. The first-order valence-electron chi connectivity index (χ1n) is 22.1. The van der Waals surface area contributed by atoms with Crippen LogP contribution < -0.4 is 21.3 Å². The predicted molar refractivity (Wildman–Crippen MR) is 221 cm³/mol. The highest BCUT2D eigenvalue weighted by atomic mass is 15.3. The molecule has 0 aromatic rings. The van der Waals surface area contributed by atoms with Crippen LogP contribution in [-0.4, -0.2) is 221 Å². The molecule has 11 heteroatoms. The number of nitrogens with one attached hydrogen (secondary N) is 4. The predicted octanol–water partition coefficient (Wildman–Crippen LogP) is 1.43. The van der Waals surface area contributed by atoms with Crippen LogP contribution in [0.15, 0.2) is 0 Å². The molecule has 0 aliphatic carbocycles. The monoisotopic (exact) mass is 732 g/mol. The lowest BCUT2D eigenvalue weighted by atomic mass is 9.93. The quantitative estimate of drug-likeness (QED) is 0.155. The smallest absolute Gasteiger partial charge is 0.0281 e. The number of nitrogens with zero attached hydrogens (tertiary/aromatic N) is 7.